The molecule has 1 saturated heterocycles. The van der Waals surface area contributed by atoms with Gasteiger partial charge in [0.2, 0.25) is 0 Å². The lowest BCUT2D eigenvalue weighted by Gasteiger charge is -2.12. The van der Waals surface area contributed by atoms with E-state index in [-0.39, 0.29) is 0 Å². The third-order valence-electron chi connectivity index (χ3n) is 3.20. The Labute approximate surface area is 96.7 Å². The van der Waals surface area contributed by atoms with Gasteiger partial charge in [-0.1, -0.05) is 18.7 Å². The highest BCUT2D eigenvalue weighted by molar-refractivity contribution is 8.14. The van der Waals surface area contributed by atoms with Crippen molar-refractivity contribution in [3.8, 4) is 0 Å². The predicted octanol–water partition coefficient (Wildman–Crippen LogP) is 1.41. The lowest BCUT2D eigenvalue weighted by molar-refractivity contribution is 0.394. The van der Waals surface area contributed by atoms with E-state index in [1.807, 2.05) is 11.8 Å². The van der Waals surface area contributed by atoms with Gasteiger partial charge in [-0.3, -0.25) is 4.99 Å². The maximum atomic E-state index is 4.52. The summed E-state index contributed by atoms with van der Waals surface area (Å²) >= 11 is 1.92. The highest BCUT2D eigenvalue weighted by Crippen LogP contribution is 2.22. The zero-order chi connectivity index (χ0) is 10.7. The minimum absolute atomic E-state index is 0.721. The van der Waals surface area contributed by atoms with E-state index < -0.39 is 0 Å². The van der Waals surface area contributed by atoms with Crippen LogP contribution < -0.4 is 5.32 Å². The Bertz CT molecular complexity index is 242. The molecule has 0 bridgehead atoms. The van der Waals surface area contributed by atoms with E-state index in [9.17, 15) is 0 Å². The summed E-state index contributed by atoms with van der Waals surface area (Å²) in [6, 6.07) is 0. The van der Waals surface area contributed by atoms with E-state index in [4.69, 9.17) is 0 Å². The van der Waals surface area contributed by atoms with Crippen LogP contribution in [-0.4, -0.2) is 48.5 Å². The molecule has 2 atom stereocenters. The van der Waals surface area contributed by atoms with Crippen molar-refractivity contribution >= 4 is 16.9 Å². The van der Waals surface area contributed by atoms with Crippen LogP contribution in [0.4, 0.5) is 0 Å². The van der Waals surface area contributed by atoms with Gasteiger partial charge in [-0.2, -0.15) is 0 Å². The molecule has 0 radical (unpaired) electrons. The molecule has 4 heteroatoms. The molecule has 2 heterocycles. The predicted molar refractivity (Wildman–Crippen MR) is 67.6 cm³/mol. The number of nitrogens with zero attached hydrogens (tertiary/aromatic N) is 2. The van der Waals surface area contributed by atoms with Crippen LogP contribution in [0.3, 0.4) is 0 Å². The first-order chi connectivity index (χ1) is 7.28. The van der Waals surface area contributed by atoms with E-state index in [0.717, 1.165) is 24.3 Å². The quantitative estimate of drug-likeness (QED) is 0.790. The first kappa shape index (κ1) is 11.3. The second-order valence-corrected chi connectivity index (χ2v) is 5.88. The lowest BCUT2D eigenvalue weighted by Crippen LogP contribution is -2.28. The van der Waals surface area contributed by atoms with Gasteiger partial charge in [-0.15, -0.1) is 0 Å². The van der Waals surface area contributed by atoms with Gasteiger partial charge in [-0.25, -0.2) is 0 Å². The van der Waals surface area contributed by atoms with Crippen molar-refractivity contribution in [1.29, 1.82) is 0 Å². The number of hydrogen-bond donors (Lipinski definition) is 1. The highest BCUT2D eigenvalue weighted by atomic mass is 32.2. The molecule has 0 aliphatic carbocycles. The van der Waals surface area contributed by atoms with Crippen LogP contribution >= 0.6 is 11.8 Å². The third-order valence-corrected chi connectivity index (χ3v) is 4.52. The largest absolute Gasteiger partial charge is 0.365 e. The zero-order valence-electron chi connectivity index (χ0n) is 9.70. The van der Waals surface area contributed by atoms with E-state index >= 15 is 0 Å². The molecule has 0 saturated carbocycles. The van der Waals surface area contributed by atoms with Crippen LogP contribution in [0, 0.1) is 5.92 Å². The maximum Gasteiger partial charge on any atom is 0.156 e. The summed E-state index contributed by atoms with van der Waals surface area (Å²) < 4.78 is 0. The molecule has 0 aromatic heterocycles. The molecular weight excluding hydrogens is 206 g/mol. The van der Waals surface area contributed by atoms with Crippen molar-refractivity contribution < 1.29 is 0 Å². The summed E-state index contributed by atoms with van der Waals surface area (Å²) in [5.41, 5.74) is 0. The summed E-state index contributed by atoms with van der Waals surface area (Å²) in [7, 11) is 2.20. The Morgan fingerprint density at radius 3 is 3.07 bits per heavy atom. The summed E-state index contributed by atoms with van der Waals surface area (Å²) in [6.07, 6.45) is 2.56. The molecule has 2 aliphatic rings. The smallest absolute Gasteiger partial charge is 0.156 e. The number of likely N-dealkylation sites (tertiary alicyclic amines) is 1. The average molecular weight is 227 g/mol. The Morgan fingerprint density at radius 2 is 2.47 bits per heavy atom. The lowest BCUT2D eigenvalue weighted by atomic mass is 10.1. The first-order valence-corrected chi connectivity index (χ1v) is 6.79. The second kappa shape index (κ2) is 5.21. The molecule has 86 valence electrons. The molecule has 0 aromatic rings. The molecule has 0 aromatic carbocycles. The first-order valence-electron chi connectivity index (χ1n) is 5.91. The maximum absolute atomic E-state index is 4.52. The van der Waals surface area contributed by atoms with Gasteiger partial charge in [0.05, 0.1) is 6.54 Å². The van der Waals surface area contributed by atoms with E-state index in [1.165, 1.54) is 31.1 Å². The minimum atomic E-state index is 0.721. The molecule has 2 unspecified atom stereocenters. The molecule has 15 heavy (non-hydrogen) atoms. The molecule has 2 rings (SSSR count). The molecule has 2 aliphatic heterocycles. The number of amidine groups is 1. The number of thioether (sulfide) groups is 1. The molecule has 0 spiro atoms. The Kier molecular flexibility index (Phi) is 3.92. The fraction of sp³-hybridized carbons (Fsp3) is 0.909. The normalized spacial score (nSPS) is 32.0. The van der Waals surface area contributed by atoms with E-state index in [0.29, 0.717) is 0 Å². The van der Waals surface area contributed by atoms with Crippen molar-refractivity contribution in [1.82, 2.24) is 10.2 Å². The van der Waals surface area contributed by atoms with Gasteiger partial charge >= 0.3 is 0 Å². The topological polar surface area (TPSA) is 27.6 Å². The number of hydrogen-bond acceptors (Lipinski definition) is 4. The van der Waals surface area contributed by atoms with Crippen molar-refractivity contribution in [2.45, 2.75) is 25.0 Å². The van der Waals surface area contributed by atoms with E-state index in [2.05, 4.69) is 29.2 Å². The summed E-state index contributed by atoms with van der Waals surface area (Å²) in [6.45, 7) is 6.84. The van der Waals surface area contributed by atoms with Gasteiger partial charge in [0.15, 0.2) is 5.17 Å². The molecular formula is C11H21N3S. The fourth-order valence-electron chi connectivity index (χ4n) is 2.15. The fourth-order valence-corrected chi connectivity index (χ4v) is 3.10. The average Bonchev–Trinajstić information content (AvgIpc) is 2.83. The van der Waals surface area contributed by atoms with Gasteiger partial charge in [0.25, 0.3) is 0 Å². The molecule has 1 fully saturated rings. The van der Waals surface area contributed by atoms with Crippen LogP contribution in [-0.2, 0) is 0 Å². The Morgan fingerprint density at radius 1 is 1.60 bits per heavy atom. The summed E-state index contributed by atoms with van der Waals surface area (Å²) in [5, 5.41) is 5.39. The van der Waals surface area contributed by atoms with Crippen LogP contribution in [0.1, 0.15) is 19.8 Å². The number of aliphatic imine (C=N–C) groups is 1. The highest BCUT2D eigenvalue weighted by Gasteiger charge is 2.21. The van der Waals surface area contributed by atoms with Crippen molar-refractivity contribution in [3.05, 3.63) is 0 Å². The number of rotatable bonds is 3. The summed E-state index contributed by atoms with van der Waals surface area (Å²) in [4.78, 5) is 6.93. The van der Waals surface area contributed by atoms with Crippen molar-refractivity contribution in [2.75, 3.05) is 33.2 Å². The van der Waals surface area contributed by atoms with Gasteiger partial charge in [-0.05, 0) is 32.4 Å². The van der Waals surface area contributed by atoms with Crippen molar-refractivity contribution in [3.63, 3.8) is 0 Å². The SMILES string of the molecule is CCC1CN=C(NCC2CCN(C)C2)S1. The van der Waals surface area contributed by atoms with Gasteiger partial charge in [0.1, 0.15) is 0 Å². The molecule has 3 nitrogen and oxygen atoms in total. The molecule has 1 N–H and O–H groups in total. The Balaban J connectivity index is 1.66. The minimum Gasteiger partial charge on any atom is -0.365 e. The van der Waals surface area contributed by atoms with Gasteiger partial charge < -0.3 is 10.2 Å². The summed E-state index contributed by atoms with van der Waals surface area (Å²) in [5.74, 6) is 0.818. The second-order valence-electron chi connectivity index (χ2n) is 4.59. The van der Waals surface area contributed by atoms with Crippen LogP contribution in [0.25, 0.3) is 0 Å². The zero-order valence-corrected chi connectivity index (χ0v) is 10.5. The molecule has 0 amide bonds. The van der Waals surface area contributed by atoms with Crippen LogP contribution in [0.2, 0.25) is 0 Å². The van der Waals surface area contributed by atoms with Crippen molar-refractivity contribution in [2.24, 2.45) is 10.9 Å². The van der Waals surface area contributed by atoms with E-state index in [1.54, 1.807) is 0 Å². The monoisotopic (exact) mass is 227 g/mol. The van der Waals surface area contributed by atoms with Crippen LogP contribution in [0.5, 0.6) is 0 Å². The Hall–Kier alpha value is -0.220. The number of nitrogens with one attached hydrogen (secondary N) is 1. The van der Waals surface area contributed by atoms with Crippen LogP contribution in [0.15, 0.2) is 4.99 Å². The third kappa shape index (κ3) is 3.11. The van der Waals surface area contributed by atoms with Gasteiger partial charge in [0, 0.05) is 18.3 Å². The standard InChI is InChI=1S/C11H21N3S/c1-3-10-7-13-11(15-10)12-6-9-4-5-14(2)8-9/h9-10H,3-8H2,1-2H3,(H,12,13).